The van der Waals surface area contributed by atoms with Gasteiger partial charge in [-0.25, -0.2) is 4.79 Å². The van der Waals surface area contributed by atoms with Gasteiger partial charge in [-0.15, -0.1) is 0 Å². The first kappa shape index (κ1) is 20.4. The lowest BCUT2D eigenvalue weighted by Gasteiger charge is -2.07. The highest BCUT2D eigenvalue weighted by atomic mass is 16.5. The van der Waals surface area contributed by atoms with Crippen LogP contribution in [0.2, 0.25) is 0 Å². The fraction of sp³-hybridized carbons (Fsp3) is 0.154. The molecule has 0 bridgehead atoms. The SMILES string of the molecule is CCOC(=O)c1cn(Cc2cccc3ccccc23)cc1Cc1cccc(/C=N\N)c1. The molecule has 0 unspecified atom stereocenters. The van der Waals surface area contributed by atoms with Gasteiger partial charge in [-0.05, 0) is 52.4 Å². The zero-order valence-electron chi connectivity index (χ0n) is 17.5. The summed E-state index contributed by atoms with van der Waals surface area (Å²) in [5.74, 6) is 4.98. The molecule has 0 aliphatic rings. The van der Waals surface area contributed by atoms with E-state index in [9.17, 15) is 4.79 Å². The molecule has 3 aromatic carbocycles. The lowest BCUT2D eigenvalue weighted by atomic mass is 10.0. The summed E-state index contributed by atoms with van der Waals surface area (Å²) in [6.07, 6.45) is 6.16. The average Bonchev–Trinajstić information content (AvgIpc) is 3.17. The fourth-order valence-electron chi connectivity index (χ4n) is 3.90. The largest absolute Gasteiger partial charge is 0.462 e. The molecule has 0 radical (unpaired) electrons. The standard InChI is InChI=1S/C26H25N3O2/c1-2-31-26(30)25-18-29(16-22-11-6-10-21-9-3-4-12-24(21)22)17-23(25)14-19-7-5-8-20(13-19)15-28-27/h3-13,15,17-18H,2,14,16,27H2,1H3/b28-15-. The minimum Gasteiger partial charge on any atom is -0.462 e. The van der Waals surface area contributed by atoms with Crippen LogP contribution in [0.1, 0.15) is 39.5 Å². The second-order valence-electron chi connectivity index (χ2n) is 7.43. The smallest absolute Gasteiger partial charge is 0.339 e. The Kier molecular flexibility index (Phi) is 6.13. The Morgan fingerprint density at radius 3 is 2.68 bits per heavy atom. The van der Waals surface area contributed by atoms with Crippen LogP contribution in [0.3, 0.4) is 0 Å². The normalized spacial score (nSPS) is 11.3. The molecule has 0 atom stereocenters. The van der Waals surface area contributed by atoms with Crippen LogP contribution < -0.4 is 5.84 Å². The van der Waals surface area contributed by atoms with E-state index in [-0.39, 0.29) is 5.97 Å². The van der Waals surface area contributed by atoms with Crippen molar-refractivity contribution in [3.63, 3.8) is 0 Å². The van der Waals surface area contributed by atoms with E-state index in [0.717, 1.165) is 16.7 Å². The number of rotatable bonds is 7. The first-order chi connectivity index (χ1) is 15.2. The molecule has 0 amide bonds. The molecule has 0 aliphatic heterocycles. The molecule has 2 N–H and O–H groups in total. The Morgan fingerprint density at radius 2 is 1.84 bits per heavy atom. The van der Waals surface area contributed by atoms with E-state index in [1.165, 1.54) is 16.3 Å². The predicted octanol–water partition coefficient (Wildman–Crippen LogP) is 4.75. The summed E-state index contributed by atoms with van der Waals surface area (Å²) in [6.45, 7) is 2.84. The molecule has 156 valence electrons. The number of ether oxygens (including phenoxy) is 1. The van der Waals surface area contributed by atoms with Gasteiger partial charge >= 0.3 is 5.97 Å². The summed E-state index contributed by atoms with van der Waals surface area (Å²) in [7, 11) is 0. The van der Waals surface area contributed by atoms with Crippen LogP contribution in [0.25, 0.3) is 10.8 Å². The van der Waals surface area contributed by atoms with Crippen molar-refractivity contribution < 1.29 is 9.53 Å². The van der Waals surface area contributed by atoms with E-state index in [1.807, 2.05) is 49.6 Å². The van der Waals surface area contributed by atoms with Crippen LogP contribution in [0.4, 0.5) is 0 Å². The van der Waals surface area contributed by atoms with Crippen LogP contribution in [0.5, 0.6) is 0 Å². The van der Waals surface area contributed by atoms with Gasteiger partial charge < -0.3 is 15.1 Å². The number of nitrogens with two attached hydrogens (primary N) is 1. The number of hydrazone groups is 1. The maximum atomic E-state index is 12.6. The Balaban J connectivity index is 1.68. The van der Waals surface area contributed by atoms with Crippen molar-refractivity contribution in [2.45, 2.75) is 19.9 Å². The summed E-state index contributed by atoms with van der Waals surface area (Å²) < 4.78 is 7.38. The van der Waals surface area contributed by atoms with Crippen LogP contribution in [-0.2, 0) is 17.7 Å². The highest BCUT2D eigenvalue weighted by Gasteiger charge is 2.17. The van der Waals surface area contributed by atoms with Crippen molar-refractivity contribution >= 4 is 23.0 Å². The van der Waals surface area contributed by atoms with Gasteiger partial charge in [0.05, 0.1) is 18.4 Å². The second kappa shape index (κ2) is 9.30. The summed E-state index contributed by atoms with van der Waals surface area (Å²) in [6, 6.07) is 22.6. The van der Waals surface area contributed by atoms with E-state index >= 15 is 0 Å². The molecule has 5 heteroatoms. The van der Waals surface area contributed by atoms with Crippen LogP contribution >= 0.6 is 0 Å². The molecule has 0 saturated carbocycles. The average molecular weight is 412 g/mol. The van der Waals surface area contributed by atoms with Crippen molar-refractivity contribution in [1.82, 2.24) is 4.57 Å². The van der Waals surface area contributed by atoms with Crippen molar-refractivity contribution in [2.75, 3.05) is 6.61 Å². The topological polar surface area (TPSA) is 69.6 Å². The molecule has 0 fully saturated rings. The quantitative estimate of drug-likeness (QED) is 0.206. The van der Waals surface area contributed by atoms with E-state index in [2.05, 4.69) is 46.1 Å². The number of carbonyl (C=O) groups excluding carboxylic acids is 1. The van der Waals surface area contributed by atoms with Crippen molar-refractivity contribution in [1.29, 1.82) is 0 Å². The molecule has 4 aromatic rings. The Morgan fingerprint density at radius 1 is 1.03 bits per heavy atom. The van der Waals surface area contributed by atoms with Crippen molar-refractivity contribution in [3.05, 3.63) is 107 Å². The number of aromatic nitrogens is 1. The Labute approximate surface area is 181 Å². The van der Waals surface area contributed by atoms with Crippen molar-refractivity contribution in [2.24, 2.45) is 10.9 Å². The number of nitrogens with zero attached hydrogens (tertiary/aromatic N) is 2. The zero-order valence-corrected chi connectivity index (χ0v) is 17.5. The van der Waals surface area contributed by atoms with Gasteiger partial charge in [0, 0.05) is 18.9 Å². The van der Waals surface area contributed by atoms with Crippen LogP contribution in [0, 0.1) is 0 Å². The maximum absolute atomic E-state index is 12.6. The molecule has 5 nitrogen and oxygen atoms in total. The molecule has 0 saturated heterocycles. The Bertz CT molecular complexity index is 1240. The van der Waals surface area contributed by atoms with Crippen molar-refractivity contribution in [3.8, 4) is 0 Å². The van der Waals surface area contributed by atoms with Gasteiger partial charge in [0.25, 0.3) is 0 Å². The lowest BCUT2D eigenvalue weighted by molar-refractivity contribution is 0.0525. The number of hydrogen-bond donors (Lipinski definition) is 1. The highest BCUT2D eigenvalue weighted by molar-refractivity contribution is 5.91. The summed E-state index contributed by atoms with van der Waals surface area (Å²) in [4.78, 5) is 12.6. The van der Waals surface area contributed by atoms with Gasteiger partial charge in [0.15, 0.2) is 0 Å². The zero-order chi connectivity index (χ0) is 21.6. The van der Waals surface area contributed by atoms with Crippen LogP contribution in [0.15, 0.2) is 84.2 Å². The molecule has 1 heterocycles. The maximum Gasteiger partial charge on any atom is 0.339 e. The summed E-state index contributed by atoms with van der Waals surface area (Å²) in [5.41, 5.74) is 4.73. The lowest BCUT2D eigenvalue weighted by Crippen LogP contribution is -2.06. The third-order valence-electron chi connectivity index (χ3n) is 5.26. The molecule has 0 spiro atoms. The molecule has 1 aromatic heterocycles. The van der Waals surface area contributed by atoms with Gasteiger partial charge in [-0.3, -0.25) is 0 Å². The number of carbonyl (C=O) groups is 1. The van der Waals surface area contributed by atoms with Gasteiger partial charge in [-0.1, -0.05) is 60.7 Å². The highest BCUT2D eigenvalue weighted by Crippen LogP contribution is 2.22. The third-order valence-corrected chi connectivity index (χ3v) is 5.26. The van der Waals surface area contributed by atoms with E-state index < -0.39 is 0 Å². The van der Waals surface area contributed by atoms with Crippen LogP contribution in [-0.4, -0.2) is 23.4 Å². The molecule has 0 aliphatic carbocycles. The predicted molar refractivity (Wildman–Crippen MR) is 124 cm³/mol. The summed E-state index contributed by atoms with van der Waals surface area (Å²) in [5, 5.41) is 6.02. The Hall–Kier alpha value is -3.86. The van der Waals surface area contributed by atoms with E-state index in [4.69, 9.17) is 10.6 Å². The molecular weight excluding hydrogens is 386 g/mol. The first-order valence-corrected chi connectivity index (χ1v) is 10.3. The molecular formula is C26H25N3O2. The minimum absolute atomic E-state index is 0.297. The fourth-order valence-corrected chi connectivity index (χ4v) is 3.90. The second-order valence-corrected chi connectivity index (χ2v) is 7.43. The molecule has 4 rings (SSSR count). The van der Waals surface area contributed by atoms with E-state index in [0.29, 0.717) is 25.1 Å². The van der Waals surface area contributed by atoms with E-state index in [1.54, 1.807) is 6.21 Å². The monoisotopic (exact) mass is 411 g/mol. The van der Waals surface area contributed by atoms with Gasteiger partial charge in [0.2, 0.25) is 0 Å². The van der Waals surface area contributed by atoms with Gasteiger partial charge in [-0.2, -0.15) is 5.10 Å². The first-order valence-electron chi connectivity index (χ1n) is 10.3. The minimum atomic E-state index is -0.297. The molecule has 31 heavy (non-hydrogen) atoms. The summed E-state index contributed by atoms with van der Waals surface area (Å²) >= 11 is 0. The number of esters is 1. The number of hydrogen-bond acceptors (Lipinski definition) is 4. The van der Waals surface area contributed by atoms with Gasteiger partial charge in [0.1, 0.15) is 0 Å². The number of fused-ring (bicyclic) bond motifs is 1. The number of benzene rings is 3. The third kappa shape index (κ3) is 4.67.